The number of nitrogens with one attached hydrogen (secondary N) is 1. The van der Waals surface area contributed by atoms with Gasteiger partial charge in [-0.15, -0.1) is 5.11 Å². The molecule has 0 aliphatic carbocycles. The molecule has 1 aliphatic heterocycles. The number of rotatable bonds is 26. The highest BCUT2D eigenvalue weighted by atomic mass is 35.5. The number of hydrogen-bond acceptors (Lipinski definition) is 16. The highest BCUT2D eigenvalue weighted by Crippen LogP contribution is 2.51. The SMILES string of the molecule is [C-]#[N+]CCOP(OC1CC(n2nc(CNC(=O)OCN(CC)c3ccc(N=Nc4ccc(C)cc4Cl)cc3)c3c(/N=C(/C)N(C)C)ncnc32)OC1COC(c1ccccc1)(c1ccc(OC)cc1)c1ccc(OC)cc1)N(C(C)C)C(C)C. The molecule has 3 heterocycles. The molecule has 4 atom stereocenters. The van der Waals surface area contributed by atoms with Crippen LogP contribution >= 0.6 is 20.1 Å². The lowest BCUT2D eigenvalue weighted by atomic mass is 9.80. The number of amides is 1. The molecule has 5 aromatic carbocycles. The quantitative estimate of drug-likeness (QED) is 0.00788. The number of fused-ring (bicyclic) bond motifs is 1. The zero-order valence-corrected chi connectivity index (χ0v) is 51.1. The minimum atomic E-state index is -1.75. The normalized spacial score (nSPS) is 15.9. The smallest absolute Gasteiger partial charge is 0.409 e. The number of carbonyl (C=O) groups is 1. The van der Waals surface area contributed by atoms with E-state index in [2.05, 4.69) is 57.7 Å². The number of anilines is 1. The summed E-state index contributed by atoms with van der Waals surface area (Å²) in [4.78, 5) is 35.4. The first kappa shape index (κ1) is 62.4. The van der Waals surface area contributed by atoms with Gasteiger partial charge >= 0.3 is 6.09 Å². The van der Waals surface area contributed by atoms with Gasteiger partial charge in [0, 0.05) is 44.8 Å². The first-order valence-corrected chi connectivity index (χ1v) is 29.3. The van der Waals surface area contributed by atoms with E-state index in [4.69, 9.17) is 66.0 Å². The molecule has 0 saturated carbocycles. The third kappa shape index (κ3) is 15.0. The number of halogens is 1. The van der Waals surface area contributed by atoms with Gasteiger partial charge in [0.2, 0.25) is 6.54 Å². The van der Waals surface area contributed by atoms with Crippen molar-refractivity contribution in [1.82, 2.24) is 34.6 Å². The van der Waals surface area contributed by atoms with Crippen molar-refractivity contribution in [3.8, 4) is 11.5 Å². The molecular weight excluding hydrogens is 1110 g/mol. The Hall–Kier alpha value is -7.60. The number of amidine groups is 1. The topological polar surface area (TPSA) is 188 Å². The molecule has 2 aromatic heterocycles. The number of alkyl carbamates (subject to hydrolysis) is 1. The van der Waals surface area contributed by atoms with Crippen LogP contribution in [0.25, 0.3) is 15.9 Å². The number of benzene rings is 5. The summed E-state index contributed by atoms with van der Waals surface area (Å²) in [6.07, 6.45) is -1.14. The van der Waals surface area contributed by atoms with Crippen LogP contribution in [-0.4, -0.2) is 127 Å². The molecule has 4 unspecified atom stereocenters. The third-order valence-corrected chi connectivity index (χ3v) is 16.6. The van der Waals surface area contributed by atoms with Gasteiger partial charge in [0.15, 0.2) is 24.4 Å². The molecule has 84 heavy (non-hydrogen) atoms. The lowest BCUT2D eigenvalue weighted by Crippen LogP contribution is -2.39. The zero-order valence-electron chi connectivity index (χ0n) is 49.5. The summed E-state index contributed by atoms with van der Waals surface area (Å²) in [6.45, 7) is 22.6. The number of nitrogens with zero attached hydrogens (tertiary/aromatic N) is 11. The van der Waals surface area contributed by atoms with Crippen molar-refractivity contribution in [3.63, 3.8) is 0 Å². The minimum absolute atomic E-state index is 0.0160. The number of aliphatic imine (C=N–C) groups is 1. The number of carbonyl (C=O) groups excluding carboxylic acids is 1. The number of ether oxygens (including phenoxy) is 5. The summed E-state index contributed by atoms with van der Waals surface area (Å²) < 4.78 is 49.4. The number of hydrogen-bond donors (Lipinski definition) is 1. The van der Waals surface area contributed by atoms with Crippen molar-refractivity contribution in [1.29, 1.82) is 0 Å². The predicted molar refractivity (Wildman–Crippen MR) is 328 cm³/mol. The molecule has 1 fully saturated rings. The monoisotopic (exact) mass is 1180 g/mol. The van der Waals surface area contributed by atoms with Crippen LogP contribution in [0.1, 0.15) is 82.1 Å². The third-order valence-electron chi connectivity index (χ3n) is 14.1. The first-order valence-electron chi connectivity index (χ1n) is 27.8. The highest BCUT2D eigenvalue weighted by Gasteiger charge is 2.46. The molecule has 442 valence electrons. The Bertz CT molecular complexity index is 3330. The fourth-order valence-electron chi connectivity index (χ4n) is 9.71. The maximum absolute atomic E-state index is 13.7. The maximum atomic E-state index is 13.7. The lowest BCUT2D eigenvalue weighted by Gasteiger charge is -2.39. The molecule has 0 radical (unpaired) electrons. The molecule has 1 saturated heterocycles. The van der Waals surface area contributed by atoms with Gasteiger partial charge in [0.05, 0.1) is 55.3 Å². The Balaban J connectivity index is 1.12. The minimum Gasteiger partial charge on any atom is -0.497 e. The number of azo groups is 1. The van der Waals surface area contributed by atoms with Crippen molar-refractivity contribution in [3.05, 3.63) is 172 Å². The number of aryl methyl sites for hydroxylation is 1. The summed E-state index contributed by atoms with van der Waals surface area (Å²) in [5, 5.41) is 17.8. The van der Waals surface area contributed by atoms with Crippen molar-refractivity contribution >= 4 is 66.0 Å². The van der Waals surface area contributed by atoms with E-state index in [-0.39, 0.29) is 51.5 Å². The van der Waals surface area contributed by atoms with E-state index < -0.39 is 38.7 Å². The Morgan fingerprint density at radius 3 is 2.15 bits per heavy atom. The fourth-order valence-corrected chi connectivity index (χ4v) is 11.7. The van der Waals surface area contributed by atoms with Crippen LogP contribution in [0.4, 0.5) is 27.7 Å². The van der Waals surface area contributed by atoms with E-state index >= 15 is 0 Å². The van der Waals surface area contributed by atoms with Gasteiger partial charge in [-0.25, -0.2) is 35.7 Å². The maximum Gasteiger partial charge on any atom is 0.409 e. The number of aromatic nitrogens is 4. The molecule has 8 rings (SSSR count). The molecule has 1 amide bonds. The van der Waals surface area contributed by atoms with Crippen molar-refractivity contribution < 1.29 is 37.5 Å². The van der Waals surface area contributed by atoms with Crippen LogP contribution < -0.4 is 19.7 Å². The van der Waals surface area contributed by atoms with Crippen LogP contribution in [0.2, 0.25) is 5.02 Å². The first-order chi connectivity index (χ1) is 40.6. The van der Waals surface area contributed by atoms with Crippen LogP contribution in [0.15, 0.2) is 143 Å². The second kappa shape index (κ2) is 29.3. The molecule has 1 N–H and O–H groups in total. The van der Waals surface area contributed by atoms with Crippen LogP contribution in [-0.2, 0) is 35.4 Å². The Morgan fingerprint density at radius 2 is 1.56 bits per heavy atom. The summed E-state index contributed by atoms with van der Waals surface area (Å²) in [5.41, 5.74) is 5.27. The second-order valence-corrected chi connectivity index (χ2v) is 22.4. The van der Waals surface area contributed by atoms with E-state index in [9.17, 15) is 4.79 Å². The van der Waals surface area contributed by atoms with E-state index in [1.54, 1.807) is 18.9 Å². The van der Waals surface area contributed by atoms with Gasteiger partial charge in [-0.2, -0.15) is 10.2 Å². The van der Waals surface area contributed by atoms with E-state index in [1.165, 1.54) is 6.33 Å². The summed E-state index contributed by atoms with van der Waals surface area (Å²) in [5.74, 6) is 2.41. The van der Waals surface area contributed by atoms with Crippen LogP contribution in [0.5, 0.6) is 11.5 Å². The molecule has 22 heteroatoms. The summed E-state index contributed by atoms with van der Waals surface area (Å²) in [6, 6.07) is 38.9. The van der Waals surface area contributed by atoms with Crippen LogP contribution in [0.3, 0.4) is 0 Å². The van der Waals surface area contributed by atoms with Gasteiger partial charge in [-0.3, -0.25) is 0 Å². The van der Waals surface area contributed by atoms with Crippen molar-refractivity contribution in [2.75, 3.05) is 66.2 Å². The predicted octanol–water partition coefficient (Wildman–Crippen LogP) is 13.5. The van der Waals surface area contributed by atoms with Gasteiger partial charge in [-0.05, 0) is 131 Å². The van der Waals surface area contributed by atoms with Crippen LogP contribution in [0, 0.1) is 13.5 Å². The lowest BCUT2D eigenvalue weighted by molar-refractivity contribution is -0.0931. The Labute approximate surface area is 498 Å². The number of methoxy groups -OCH3 is 2. The molecular formula is C62H74ClN12O8P. The molecule has 0 bridgehead atoms. The molecule has 0 spiro atoms. The van der Waals surface area contributed by atoms with Gasteiger partial charge in [-0.1, -0.05) is 72.3 Å². The summed E-state index contributed by atoms with van der Waals surface area (Å²) >= 11 is 6.38. The van der Waals surface area contributed by atoms with Gasteiger partial charge < -0.3 is 52.7 Å². The Kier molecular flexibility index (Phi) is 21.8. The standard InChI is InChI=1S/C62H74ClN12O8P/c1-13-73(49-26-24-48(25-27-49)69-70-53-32-19-43(6)35-52(53)63)40-79-61(76)65-37-54-58-59(68-44(7)72(9)10)66-39-67-60(58)74(71-54)57-36-55(83-84(81-34-33-64-8)75(41(2)3)42(4)5)56(82-57)38-80-62(45-17-15-14-16-18-45,46-20-28-50(77-11)29-21-46)47-22-30-51(78-12)31-23-47/h14-32,35,39,41-42,55-57H,13,33-34,36-38,40H2,1-7,9-12H3,(H,65,76)/b68-44-,70-69?. The average Bonchev–Trinajstić information content (AvgIpc) is 1.88. The highest BCUT2D eigenvalue weighted by molar-refractivity contribution is 7.44. The van der Waals surface area contributed by atoms with Crippen molar-refractivity contribution in [2.24, 2.45) is 15.2 Å². The van der Waals surface area contributed by atoms with Crippen molar-refractivity contribution in [2.45, 2.75) is 97.6 Å². The second-order valence-electron chi connectivity index (χ2n) is 20.6. The zero-order chi connectivity index (χ0) is 59.9. The molecule has 1 aliphatic rings. The molecule has 7 aromatic rings. The van der Waals surface area contributed by atoms with E-state index in [0.29, 0.717) is 62.8 Å². The largest absolute Gasteiger partial charge is 0.497 e. The molecule has 20 nitrogen and oxygen atoms in total. The van der Waals surface area contributed by atoms with E-state index in [0.717, 1.165) is 27.9 Å². The Morgan fingerprint density at radius 1 is 0.905 bits per heavy atom. The average molecular weight is 1180 g/mol. The van der Waals surface area contributed by atoms with E-state index in [1.807, 2.05) is 166 Å². The van der Waals surface area contributed by atoms with Gasteiger partial charge in [0.25, 0.3) is 8.53 Å². The summed E-state index contributed by atoms with van der Waals surface area (Å²) in [7, 11) is 5.31. The fraction of sp³-hybridized carbons (Fsp3) is 0.387. The van der Waals surface area contributed by atoms with Gasteiger partial charge in [0.1, 0.15) is 47.7 Å².